The fourth-order valence-corrected chi connectivity index (χ4v) is 6.55. The molecule has 8 heteroatoms. The van der Waals surface area contributed by atoms with Crippen molar-refractivity contribution in [2.75, 3.05) is 30.8 Å². The molecule has 0 amide bonds. The number of nitrogens with zero attached hydrogens (tertiary/aromatic N) is 3. The number of ether oxygens (including phenoxy) is 1. The molecule has 5 rings (SSSR count). The summed E-state index contributed by atoms with van der Waals surface area (Å²) in [5.41, 5.74) is 3.72. The van der Waals surface area contributed by atoms with Gasteiger partial charge in [0.15, 0.2) is 0 Å². The summed E-state index contributed by atoms with van der Waals surface area (Å²) in [7, 11) is -3.30. The lowest BCUT2D eigenvalue weighted by molar-refractivity contribution is 0.126. The van der Waals surface area contributed by atoms with Gasteiger partial charge in [0.1, 0.15) is 0 Å². The molecule has 1 atom stereocenters. The lowest BCUT2D eigenvalue weighted by Crippen LogP contribution is -2.44. The maximum absolute atomic E-state index is 12.8. The molecule has 1 unspecified atom stereocenters. The van der Waals surface area contributed by atoms with Gasteiger partial charge in [-0.05, 0) is 72.5 Å². The highest BCUT2D eigenvalue weighted by molar-refractivity contribution is 7.89. The summed E-state index contributed by atoms with van der Waals surface area (Å²) in [6, 6.07) is 16.1. The third kappa shape index (κ3) is 4.92. The van der Waals surface area contributed by atoms with Gasteiger partial charge in [0.05, 0.1) is 23.5 Å². The van der Waals surface area contributed by atoms with Crippen LogP contribution < -0.4 is 5.32 Å². The van der Waals surface area contributed by atoms with Gasteiger partial charge >= 0.3 is 0 Å². The minimum absolute atomic E-state index is 0.0913. The van der Waals surface area contributed by atoms with E-state index in [2.05, 4.69) is 28.5 Å². The lowest BCUT2D eigenvalue weighted by atomic mass is 9.98. The quantitative estimate of drug-likeness (QED) is 0.574. The van der Waals surface area contributed by atoms with Crippen LogP contribution in [0.15, 0.2) is 54.9 Å². The maximum Gasteiger partial charge on any atom is 0.216 e. The van der Waals surface area contributed by atoms with E-state index in [1.807, 2.05) is 36.5 Å². The largest absolute Gasteiger partial charge is 0.382 e. The van der Waals surface area contributed by atoms with E-state index >= 15 is 0 Å². The lowest BCUT2D eigenvalue weighted by Gasteiger charge is -2.33. The minimum atomic E-state index is -3.30. The van der Waals surface area contributed by atoms with Crippen LogP contribution in [0.3, 0.4) is 0 Å². The number of pyridine rings is 1. The molecule has 3 heterocycles. The first-order valence-corrected chi connectivity index (χ1v) is 13.4. The van der Waals surface area contributed by atoms with Gasteiger partial charge in [0.25, 0.3) is 0 Å². The van der Waals surface area contributed by atoms with Gasteiger partial charge in [-0.25, -0.2) is 12.7 Å². The Hall–Kier alpha value is -2.99. The van der Waals surface area contributed by atoms with Gasteiger partial charge in [-0.3, -0.25) is 4.98 Å². The zero-order valence-corrected chi connectivity index (χ0v) is 19.8. The van der Waals surface area contributed by atoms with Crippen molar-refractivity contribution < 1.29 is 13.2 Å². The number of hydrogen-bond acceptors (Lipinski definition) is 6. The molecule has 3 aromatic rings. The van der Waals surface area contributed by atoms with Gasteiger partial charge in [-0.2, -0.15) is 5.26 Å². The van der Waals surface area contributed by atoms with Crippen LogP contribution in [0.5, 0.6) is 0 Å². The number of piperidine rings is 1. The van der Waals surface area contributed by atoms with Crippen LogP contribution in [-0.4, -0.2) is 55.3 Å². The Morgan fingerprint density at radius 3 is 2.59 bits per heavy atom. The molecule has 2 saturated heterocycles. The first kappa shape index (κ1) is 22.8. The Morgan fingerprint density at radius 2 is 1.88 bits per heavy atom. The summed E-state index contributed by atoms with van der Waals surface area (Å²) in [5, 5.41) is 14.9. The van der Waals surface area contributed by atoms with Crippen LogP contribution in [0, 0.1) is 11.3 Å². The number of anilines is 1. The van der Waals surface area contributed by atoms with Crippen LogP contribution in [0.25, 0.3) is 21.9 Å². The molecule has 34 heavy (non-hydrogen) atoms. The van der Waals surface area contributed by atoms with Gasteiger partial charge in [-0.1, -0.05) is 12.1 Å². The summed E-state index contributed by atoms with van der Waals surface area (Å²) >= 11 is 0. The number of nitrogens with one attached hydrogen (secondary N) is 1. The number of rotatable bonds is 6. The number of hydrogen-bond donors (Lipinski definition) is 1. The second-order valence-corrected chi connectivity index (χ2v) is 11.1. The molecule has 0 aliphatic carbocycles. The Balaban J connectivity index is 1.32. The van der Waals surface area contributed by atoms with Crippen molar-refractivity contribution in [3.8, 4) is 17.2 Å². The predicted molar refractivity (Wildman–Crippen MR) is 133 cm³/mol. The minimum Gasteiger partial charge on any atom is -0.382 e. The highest BCUT2D eigenvalue weighted by atomic mass is 32.2. The Morgan fingerprint density at radius 1 is 1.09 bits per heavy atom. The van der Waals surface area contributed by atoms with E-state index in [9.17, 15) is 8.42 Å². The Labute approximate surface area is 200 Å². The monoisotopic (exact) mass is 476 g/mol. The highest BCUT2D eigenvalue weighted by Gasteiger charge is 2.31. The highest BCUT2D eigenvalue weighted by Crippen LogP contribution is 2.32. The normalized spacial score (nSPS) is 19.8. The van der Waals surface area contributed by atoms with E-state index in [1.165, 1.54) is 0 Å². The number of sulfonamides is 1. The number of benzene rings is 2. The smallest absolute Gasteiger partial charge is 0.216 e. The first-order chi connectivity index (χ1) is 16.5. The number of aromatic nitrogens is 1. The number of fused-ring (bicyclic) bond motifs is 1. The third-order valence-corrected chi connectivity index (χ3v) is 8.68. The summed E-state index contributed by atoms with van der Waals surface area (Å²) in [4.78, 5) is 4.31. The second kappa shape index (κ2) is 9.71. The van der Waals surface area contributed by atoms with Crippen molar-refractivity contribution in [2.45, 2.75) is 37.8 Å². The maximum atomic E-state index is 12.8. The van der Waals surface area contributed by atoms with Gasteiger partial charge < -0.3 is 10.1 Å². The second-order valence-electron chi connectivity index (χ2n) is 9.04. The SMILES string of the molecule is N#Cc1ccc(-c2cc(NC3CCN(S(=O)(=O)CC4CCCO4)CC3)c3cnccc3c2)cc1. The van der Waals surface area contributed by atoms with Crippen LogP contribution in [0.4, 0.5) is 5.69 Å². The molecule has 2 aliphatic rings. The van der Waals surface area contributed by atoms with Gasteiger partial charge in [0, 0.05) is 49.2 Å². The molecule has 0 radical (unpaired) electrons. The van der Waals surface area contributed by atoms with Gasteiger partial charge in [-0.15, -0.1) is 0 Å². The van der Waals surface area contributed by atoms with Crippen molar-refractivity contribution in [1.29, 1.82) is 5.26 Å². The van der Waals surface area contributed by atoms with Crippen molar-refractivity contribution >= 4 is 26.5 Å². The molecule has 1 N–H and O–H groups in total. The Bertz CT molecular complexity index is 1300. The van der Waals surface area contributed by atoms with Gasteiger partial charge in [0.2, 0.25) is 10.0 Å². The average Bonchev–Trinajstić information content (AvgIpc) is 3.37. The van der Waals surface area contributed by atoms with Crippen molar-refractivity contribution in [1.82, 2.24) is 9.29 Å². The molecule has 0 bridgehead atoms. The predicted octanol–water partition coefficient (Wildman–Crippen LogP) is 4.16. The molecule has 176 valence electrons. The first-order valence-electron chi connectivity index (χ1n) is 11.8. The molecule has 2 aromatic carbocycles. The molecule has 0 spiro atoms. The van der Waals surface area contributed by atoms with E-state index in [0.29, 0.717) is 25.3 Å². The topological polar surface area (TPSA) is 95.3 Å². The molecule has 7 nitrogen and oxygen atoms in total. The molecular formula is C26H28N4O3S. The molecule has 2 fully saturated rings. The van der Waals surface area contributed by atoms with Crippen LogP contribution in [0.1, 0.15) is 31.2 Å². The molecule has 0 saturated carbocycles. The summed E-state index contributed by atoms with van der Waals surface area (Å²) in [5.74, 6) is 0.0913. The molecular weight excluding hydrogens is 448 g/mol. The Kier molecular flexibility index (Phi) is 6.50. The number of nitriles is 1. The summed E-state index contributed by atoms with van der Waals surface area (Å²) in [6.45, 7) is 1.69. The average molecular weight is 477 g/mol. The fraction of sp³-hybridized carbons (Fsp3) is 0.385. The fourth-order valence-electron chi connectivity index (χ4n) is 4.84. The summed E-state index contributed by atoms with van der Waals surface area (Å²) in [6.07, 6.45) is 6.74. The van der Waals surface area contributed by atoms with E-state index < -0.39 is 10.0 Å². The molecule has 2 aliphatic heterocycles. The third-order valence-electron chi connectivity index (χ3n) is 6.73. The van der Waals surface area contributed by atoms with Crippen molar-refractivity contribution in [3.63, 3.8) is 0 Å². The van der Waals surface area contributed by atoms with Crippen LogP contribution in [-0.2, 0) is 14.8 Å². The zero-order chi connectivity index (χ0) is 23.5. The van der Waals surface area contributed by atoms with Crippen LogP contribution in [0.2, 0.25) is 0 Å². The van der Waals surface area contributed by atoms with E-state index in [1.54, 1.807) is 10.5 Å². The van der Waals surface area contributed by atoms with Crippen molar-refractivity contribution in [2.24, 2.45) is 0 Å². The zero-order valence-electron chi connectivity index (χ0n) is 19.0. The van der Waals surface area contributed by atoms with E-state index in [4.69, 9.17) is 10.00 Å². The van der Waals surface area contributed by atoms with Crippen LogP contribution >= 0.6 is 0 Å². The van der Waals surface area contributed by atoms with E-state index in [-0.39, 0.29) is 17.9 Å². The standard InChI is InChI=1S/C26H28N4O3S/c27-16-19-3-5-20(6-4-19)22-14-21-7-10-28-17-25(21)26(15-22)29-23-8-11-30(12-9-23)34(31,32)18-24-2-1-13-33-24/h3-7,10,14-15,17,23-24,29H,1-2,8-9,11-13,18H2. The van der Waals surface area contributed by atoms with Crippen molar-refractivity contribution in [3.05, 3.63) is 60.4 Å². The molecule has 1 aromatic heterocycles. The summed E-state index contributed by atoms with van der Waals surface area (Å²) < 4.78 is 32.8. The van der Waals surface area contributed by atoms with E-state index in [0.717, 1.165) is 53.3 Å².